The van der Waals surface area contributed by atoms with Crippen molar-refractivity contribution in [1.82, 2.24) is 5.32 Å². The molecule has 2 aliphatic heterocycles. The van der Waals surface area contributed by atoms with Crippen molar-refractivity contribution < 1.29 is 9.53 Å². The van der Waals surface area contributed by atoms with Gasteiger partial charge in [-0.1, -0.05) is 6.07 Å². The number of anilines is 2. The zero-order valence-corrected chi connectivity index (χ0v) is 10.2. The van der Waals surface area contributed by atoms with Crippen molar-refractivity contribution in [3.8, 4) is 0 Å². The van der Waals surface area contributed by atoms with Crippen molar-refractivity contribution in [2.24, 2.45) is 0 Å². The van der Waals surface area contributed by atoms with Crippen molar-refractivity contribution in [3.05, 3.63) is 23.8 Å². The number of benzene rings is 1. The van der Waals surface area contributed by atoms with E-state index in [4.69, 9.17) is 10.5 Å². The molecule has 5 heteroatoms. The van der Waals surface area contributed by atoms with Crippen molar-refractivity contribution >= 4 is 17.5 Å². The van der Waals surface area contributed by atoms with Crippen LogP contribution in [-0.4, -0.2) is 31.8 Å². The predicted octanol–water partition coefficient (Wildman–Crippen LogP) is 1.13. The van der Waals surface area contributed by atoms with Gasteiger partial charge in [0.05, 0.1) is 13.1 Å². The van der Waals surface area contributed by atoms with Crippen molar-refractivity contribution in [1.29, 1.82) is 0 Å². The van der Waals surface area contributed by atoms with Crippen LogP contribution in [0.4, 0.5) is 16.2 Å². The van der Waals surface area contributed by atoms with E-state index < -0.39 is 0 Å². The lowest BCUT2D eigenvalue weighted by atomic mass is 9.99. The van der Waals surface area contributed by atoms with Gasteiger partial charge in [-0.15, -0.1) is 0 Å². The van der Waals surface area contributed by atoms with Gasteiger partial charge in [-0.3, -0.25) is 0 Å². The maximum Gasteiger partial charge on any atom is 0.407 e. The van der Waals surface area contributed by atoms with Gasteiger partial charge in [0, 0.05) is 17.9 Å². The fourth-order valence-electron chi connectivity index (χ4n) is 2.70. The summed E-state index contributed by atoms with van der Waals surface area (Å²) >= 11 is 0. The summed E-state index contributed by atoms with van der Waals surface area (Å²) in [7, 11) is 0. The fourth-order valence-corrected chi connectivity index (χ4v) is 2.70. The summed E-state index contributed by atoms with van der Waals surface area (Å²) in [6, 6.07) is 6.01. The lowest BCUT2D eigenvalue weighted by molar-refractivity contribution is 0.142. The summed E-state index contributed by atoms with van der Waals surface area (Å²) in [4.78, 5) is 13.3. The Kier molecular flexibility index (Phi) is 2.74. The number of carbonyl (C=O) groups excluding carboxylic acids is 1. The molecule has 3 rings (SSSR count). The number of alkyl carbamates (subject to hydrolysis) is 1. The highest BCUT2D eigenvalue weighted by Crippen LogP contribution is 2.31. The third-order valence-electron chi connectivity index (χ3n) is 3.55. The molecule has 3 N–H and O–H groups in total. The molecule has 0 radical (unpaired) electrons. The first-order valence-corrected chi connectivity index (χ1v) is 6.31. The van der Waals surface area contributed by atoms with Gasteiger partial charge < -0.3 is 20.7 Å². The third kappa shape index (κ3) is 1.96. The van der Waals surface area contributed by atoms with Crippen LogP contribution >= 0.6 is 0 Å². The van der Waals surface area contributed by atoms with Crippen LogP contribution in [0.5, 0.6) is 0 Å². The van der Waals surface area contributed by atoms with E-state index in [-0.39, 0.29) is 12.2 Å². The summed E-state index contributed by atoms with van der Waals surface area (Å²) in [6.07, 6.45) is 1.74. The normalized spacial score (nSPS) is 22.3. The molecule has 1 saturated heterocycles. The Labute approximate surface area is 106 Å². The van der Waals surface area contributed by atoms with Crippen LogP contribution in [-0.2, 0) is 11.2 Å². The highest BCUT2D eigenvalue weighted by atomic mass is 16.6. The zero-order chi connectivity index (χ0) is 12.5. The third-order valence-corrected chi connectivity index (χ3v) is 3.55. The molecule has 0 bridgehead atoms. The highest BCUT2D eigenvalue weighted by molar-refractivity contribution is 5.70. The van der Waals surface area contributed by atoms with Crippen LogP contribution in [0, 0.1) is 0 Å². The number of ether oxygens (including phenoxy) is 1. The number of nitrogen functional groups attached to an aromatic ring is 1. The van der Waals surface area contributed by atoms with Gasteiger partial charge in [0.2, 0.25) is 0 Å². The van der Waals surface area contributed by atoms with Gasteiger partial charge in [-0.05, 0) is 30.5 Å². The second-order valence-corrected chi connectivity index (χ2v) is 4.80. The van der Waals surface area contributed by atoms with Crippen molar-refractivity contribution in [2.45, 2.75) is 18.9 Å². The summed E-state index contributed by atoms with van der Waals surface area (Å²) < 4.78 is 5.19. The van der Waals surface area contributed by atoms with Crippen molar-refractivity contribution in [3.63, 3.8) is 0 Å². The highest BCUT2D eigenvalue weighted by Gasteiger charge is 2.27. The average molecular weight is 247 g/mol. The Hall–Kier alpha value is -1.91. The SMILES string of the molecule is Nc1cccc2c1CCCN2CC1CNC(=O)O1. The molecular weight excluding hydrogens is 230 g/mol. The molecule has 2 heterocycles. The minimum absolute atomic E-state index is 0.0649. The molecule has 1 aromatic carbocycles. The van der Waals surface area contributed by atoms with Crippen molar-refractivity contribution in [2.75, 3.05) is 30.3 Å². The number of hydrogen-bond donors (Lipinski definition) is 2. The fraction of sp³-hybridized carbons (Fsp3) is 0.462. The van der Waals surface area contributed by atoms with E-state index in [0.717, 1.165) is 31.6 Å². The first-order valence-electron chi connectivity index (χ1n) is 6.31. The van der Waals surface area contributed by atoms with Crippen LogP contribution in [0.1, 0.15) is 12.0 Å². The van der Waals surface area contributed by atoms with Gasteiger partial charge in [0.25, 0.3) is 0 Å². The van der Waals surface area contributed by atoms with Gasteiger partial charge in [-0.25, -0.2) is 4.79 Å². The van der Waals surface area contributed by atoms with Crippen LogP contribution in [0.2, 0.25) is 0 Å². The molecule has 0 spiro atoms. The number of cyclic esters (lactones) is 1. The topological polar surface area (TPSA) is 67.6 Å². The molecule has 1 aromatic rings. The molecule has 2 aliphatic rings. The standard InChI is InChI=1S/C13H17N3O2/c14-11-4-1-5-12-10(11)3-2-6-16(12)8-9-7-15-13(17)18-9/h1,4-5,9H,2-3,6-8,14H2,(H,15,17). The molecule has 5 nitrogen and oxygen atoms in total. The lowest BCUT2D eigenvalue weighted by Crippen LogP contribution is -2.37. The Morgan fingerprint density at radius 3 is 3.17 bits per heavy atom. The Morgan fingerprint density at radius 2 is 2.39 bits per heavy atom. The lowest BCUT2D eigenvalue weighted by Gasteiger charge is -2.33. The summed E-state index contributed by atoms with van der Waals surface area (Å²) in [6.45, 7) is 2.31. The summed E-state index contributed by atoms with van der Waals surface area (Å²) in [5, 5.41) is 2.68. The second-order valence-electron chi connectivity index (χ2n) is 4.80. The molecule has 1 atom stereocenters. The molecule has 1 fully saturated rings. The number of rotatable bonds is 2. The van der Waals surface area contributed by atoms with E-state index in [9.17, 15) is 4.79 Å². The predicted molar refractivity (Wildman–Crippen MR) is 69.7 cm³/mol. The molecule has 0 aliphatic carbocycles. The zero-order valence-electron chi connectivity index (χ0n) is 10.2. The van der Waals surface area contributed by atoms with Gasteiger partial charge in [0.15, 0.2) is 0 Å². The maximum atomic E-state index is 11.0. The van der Waals surface area contributed by atoms with Gasteiger partial charge >= 0.3 is 6.09 Å². The number of nitrogens with one attached hydrogen (secondary N) is 1. The molecular formula is C13H17N3O2. The maximum absolute atomic E-state index is 11.0. The molecule has 1 amide bonds. The summed E-state index contributed by atoms with van der Waals surface area (Å²) in [5.41, 5.74) is 9.28. The van der Waals surface area contributed by atoms with Crippen LogP contribution in [0.25, 0.3) is 0 Å². The average Bonchev–Trinajstić information content (AvgIpc) is 2.76. The number of nitrogens with two attached hydrogens (primary N) is 1. The molecule has 0 aromatic heterocycles. The molecule has 18 heavy (non-hydrogen) atoms. The van der Waals surface area contributed by atoms with E-state index in [1.807, 2.05) is 12.1 Å². The largest absolute Gasteiger partial charge is 0.442 e. The minimum atomic E-state index is -0.315. The van der Waals surface area contributed by atoms with Gasteiger partial charge in [0.1, 0.15) is 6.10 Å². The summed E-state index contributed by atoms with van der Waals surface area (Å²) in [5.74, 6) is 0. The number of fused-ring (bicyclic) bond motifs is 1. The first-order chi connectivity index (χ1) is 8.74. The Morgan fingerprint density at radius 1 is 1.50 bits per heavy atom. The van der Waals surface area contributed by atoms with Crippen LogP contribution in [0.3, 0.4) is 0 Å². The van der Waals surface area contributed by atoms with Crippen LogP contribution < -0.4 is 16.0 Å². The van der Waals surface area contributed by atoms with E-state index in [0.29, 0.717) is 6.54 Å². The molecule has 1 unspecified atom stereocenters. The quantitative estimate of drug-likeness (QED) is 0.769. The minimum Gasteiger partial charge on any atom is -0.442 e. The Bertz CT molecular complexity index is 475. The molecule has 96 valence electrons. The number of carbonyl (C=O) groups is 1. The second kappa shape index (κ2) is 4.40. The first kappa shape index (κ1) is 11.2. The van der Waals surface area contributed by atoms with E-state index >= 15 is 0 Å². The van der Waals surface area contributed by atoms with E-state index in [2.05, 4.69) is 16.3 Å². The van der Waals surface area contributed by atoms with E-state index in [1.54, 1.807) is 0 Å². The smallest absolute Gasteiger partial charge is 0.407 e. The number of nitrogens with zero attached hydrogens (tertiary/aromatic N) is 1. The van der Waals surface area contributed by atoms with E-state index in [1.165, 1.54) is 11.3 Å². The number of amides is 1. The monoisotopic (exact) mass is 247 g/mol. The van der Waals surface area contributed by atoms with Gasteiger partial charge in [-0.2, -0.15) is 0 Å². The Balaban J connectivity index is 1.79. The van der Waals surface area contributed by atoms with Crippen LogP contribution in [0.15, 0.2) is 18.2 Å². The molecule has 0 saturated carbocycles. The number of hydrogen-bond acceptors (Lipinski definition) is 4.